The number of hydrogen-bond acceptors (Lipinski definition) is 3. The quantitative estimate of drug-likeness (QED) is 0.627. The first-order valence-corrected chi connectivity index (χ1v) is 7.71. The van der Waals surface area contributed by atoms with Crippen molar-refractivity contribution in [2.24, 2.45) is 12.0 Å². The van der Waals surface area contributed by atoms with Crippen LogP contribution in [0.2, 0.25) is 5.02 Å². The minimum atomic E-state index is -0.107. The van der Waals surface area contributed by atoms with Crippen molar-refractivity contribution in [1.29, 1.82) is 0 Å². The maximum Gasteiger partial charge on any atom is 0.191 e. The number of rotatable bonds is 6. The molecule has 23 heavy (non-hydrogen) atoms. The van der Waals surface area contributed by atoms with E-state index in [1.807, 2.05) is 42.1 Å². The third-order valence-electron chi connectivity index (χ3n) is 3.54. The Kier molecular flexibility index (Phi) is 6.43. The highest BCUT2D eigenvalue weighted by Crippen LogP contribution is 2.19. The van der Waals surface area contributed by atoms with Gasteiger partial charge in [-0.2, -0.15) is 5.10 Å². The van der Waals surface area contributed by atoms with Crippen molar-refractivity contribution >= 4 is 17.6 Å². The first kappa shape index (κ1) is 17.3. The number of nitrogens with zero attached hydrogens (tertiary/aromatic N) is 3. The molecule has 124 valence electrons. The lowest BCUT2D eigenvalue weighted by Crippen LogP contribution is -2.39. The molecule has 0 aliphatic carbocycles. The van der Waals surface area contributed by atoms with E-state index in [-0.39, 0.29) is 6.10 Å². The standard InChI is InChI=1S/C16H22ClN5O/c1-18-16(19-10-14-7-8-21-22(14)2)20-11-15(23-3)12-5-4-6-13(17)9-12/h4-9,15H,10-11H2,1-3H3,(H2,18,19,20). The van der Waals surface area contributed by atoms with Crippen LogP contribution in [0.5, 0.6) is 0 Å². The number of nitrogens with one attached hydrogen (secondary N) is 2. The molecule has 1 aromatic carbocycles. The number of aliphatic imine (C=N–C) groups is 1. The van der Waals surface area contributed by atoms with Crippen LogP contribution in [0.3, 0.4) is 0 Å². The second-order valence-electron chi connectivity index (χ2n) is 5.03. The molecule has 0 aliphatic heterocycles. The molecule has 1 aromatic heterocycles. The smallest absolute Gasteiger partial charge is 0.191 e. The van der Waals surface area contributed by atoms with Gasteiger partial charge < -0.3 is 15.4 Å². The molecular weight excluding hydrogens is 314 g/mol. The Hall–Kier alpha value is -2.05. The number of hydrogen-bond donors (Lipinski definition) is 2. The number of guanidine groups is 1. The Morgan fingerprint density at radius 2 is 2.22 bits per heavy atom. The van der Waals surface area contributed by atoms with Crippen molar-refractivity contribution in [3.63, 3.8) is 0 Å². The van der Waals surface area contributed by atoms with Gasteiger partial charge in [-0.1, -0.05) is 23.7 Å². The SMILES string of the molecule is CN=C(NCc1ccnn1C)NCC(OC)c1cccc(Cl)c1. The topological polar surface area (TPSA) is 63.5 Å². The molecule has 0 aliphatic rings. The van der Waals surface area contributed by atoms with Gasteiger partial charge in [-0.15, -0.1) is 0 Å². The summed E-state index contributed by atoms with van der Waals surface area (Å²) >= 11 is 6.04. The van der Waals surface area contributed by atoms with Gasteiger partial charge in [0.05, 0.1) is 18.3 Å². The number of aryl methyl sites for hydroxylation is 1. The molecule has 2 rings (SSSR count). The van der Waals surface area contributed by atoms with E-state index in [9.17, 15) is 0 Å². The summed E-state index contributed by atoms with van der Waals surface area (Å²) in [5, 5.41) is 11.3. The normalized spacial score (nSPS) is 13.0. The fraction of sp³-hybridized carbons (Fsp3) is 0.375. The molecule has 1 atom stereocenters. The van der Waals surface area contributed by atoms with E-state index < -0.39 is 0 Å². The van der Waals surface area contributed by atoms with Gasteiger partial charge >= 0.3 is 0 Å². The molecule has 2 N–H and O–H groups in total. The Morgan fingerprint density at radius 1 is 1.39 bits per heavy atom. The average molecular weight is 336 g/mol. The largest absolute Gasteiger partial charge is 0.375 e. The van der Waals surface area contributed by atoms with Crippen molar-refractivity contribution in [2.45, 2.75) is 12.6 Å². The summed E-state index contributed by atoms with van der Waals surface area (Å²) in [6.07, 6.45) is 1.66. The van der Waals surface area contributed by atoms with Crippen LogP contribution in [-0.4, -0.2) is 36.4 Å². The highest BCUT2D eigenvalue weighted by atomic mass is 35.5. The summed E-state index contributed by atoms with van der Waals surface area (Å²) in [7, 11) is 5.33. The summed E-state index contributed by atoms with van der Waals surface area (Å²) in [5.41, 5.74) is 2.10. The number of methoxy groups -OCH3 is 1. The molecule has 7 heteroatoms. The lowest BCUT2D eigenvalue weighted by atomic mass is 10.1. The summed E-state index contributed by atoms with van der Waals surface area (Å²) in [5.74, 6) is 0.704. The van der Waals surface area contributed by atoms with Crippen LogP contribution in [0, 0.1) is 0 Å². The molecule has 0 fully saturated rings. The van der Waals surface area contributed by atoms with Gasteiger partial charge in [0.2, 0.25) is 0 Å². The van der Waals surface area contributed by atoms with Crippen molar-refractivity contribution < 1.29 is 4.74 Å². The van der Waals surface area contributed by atoms with Crippen LogP contribution in [-0.2, 0) is 18.3 Å². The zero-order valence-electron chi connectivity index (χ0n) is 13.6. The van der Waals surface area contributed by atoms with Crippen molar-refractivity contribution in [2.75, 3.05) is 20.7 Å². The zero-order valence-corrected chi connectivity index (χ0v) is 14.3. The third kappa shape index (κ3) is 4.97. The molecule has 0 bridgehead atoms. The Labute approximate surface area is 141 Å². The molecule has 1 heterocycles. The lowest BCUT2D eigenvalue weighted by molar-refractivity contribution is 0.106. The summed E-state index contributed by atoms with van der Waals surface area (Å²) in [4.78, 5) is 4.22. The predicted molar refractivity (Wildman–Crippen MR) is 92.6 cm³/mol. The molecule has 1 unspecified atom stereocenters. The van der Waals surface area contributed by atoms with Crippen LogP contribution in [0.1, 0.15) is 17.4 Å². The van der Waals surface area contributed by atoms with Gasteiger partial charge in [-0.25, -0.2) is 0 Å². The van der Waals surface area contributed by atoms with Gasteiger partial charge in [-0.3, -0.25) is 9.67 Å². The number of aromatic nitrogens is 2. The van der Waals surface area contributed by atoms with Gasteiger partial charge in [0.1, 0.15) is 0 Å². The molecule has 0 spiro atoms. The van der Waals surface area contributed by atoms with Crippen LogP contribution < -0.4 is 10.6 Å². The van der Waals surface area contributed by atoms with E-state index in [2.05, 4.69) is 20.7 Å². The maximum atomic E-state index is 6.04. The maximum absolute atomic E-state index is 6.04. The molecule has 0 amide bonds. The van der Waals surface area contributed by atoms with Gasteiger partial charge in [0, 0.05) is 39.0 Å². The van der Waals surface area contributed by atoms with E-state index in [1.165, 1.54) is 0 Å². The van der Waals surface area contributed by atoms with E-state index >= 15 is 0 Å². The van der Waals surface area contributed by atoms with E-state index in [0.717, 1.165) is 11.3 Å². The van der Waals surface area contributed by atoms with Crippen molar-refractivity contribution in [3.05, 3.63) is 52.8 Å². The van der Waals surface area contributed by atoms with Crippen molar-refractivity contribution in [1.82, 2.24) is 20.4 Å². The van der Waals surface area contributed by atoms with E-state index in [1.54, 1.807) is 20.4 Å². The average Bonchev–Trinajstić information content (AvgIpc) is 2.96. The minimum Gasteiger partial charge on any atom is -0.375 e. The first-order valence-electron chi connectivity index (χ1n) is 7.33. The monoisotopic (exact) mass is 335 g/mol. The first-order chi connectivity index (χ1) is 11.1. The summed E-state index contributed by atoms with van der Waals surface area (Å²) in [6.45, 7) is 1.23. The molecule has 0 saturated carbocycles. The van der Waals surface area contributed by atoms with Gasteiger partial charge in [-0.05, 0) is 23.8 Å². The number of ether oxygens (including phenoxy) is 1. The fourth-order valence-corrected chi connectivity index (χ4v) is 2.40. The van der Waals surface area contributed by atoms with Crippen LogP contribution >= 0.6 is 11.6 Å². The fourth-order valence-electron chi connectivity index (χ4n) is 2.20. The van der Waals surface area contributed by atoms with Crippen LogP contribution in [0.25, 0.3) is 0 Å². The van der Waals surface area contributed by atoms with E-state index in [0.29, 0.717) is 24.1 Å². The Morgan fingerprint density at radius 3 is 2.83 bits per heavy atom. The zero-order chi connectivity index (χ0) is 16.7. The Balaban J connectivity index is 1.90. The Bertz CT molecular complexity index is 655. The lowest BCUT2D eigenvalue weighted by Gasteiger charge is -2.19. The summed E-state index contributed by atoms with van der Waals surface area (Å²) < 4.78 is 7.36. The van der Waals surface area contributed by atoms with Crippen LogP contribution in [0.15, 0.2) is 41.5 Å². The number of halogens is 1. The predicted octanol–water partition coefficient (Wildman–Crippen LogP) is 2.13. The summed E-state index contributed by atoms with van der Waals surface area (Å²) in [6, 6.07) is 9.62. The molecule has 2 aromatic rings. The van der Waals surface area contributed by atoms with Gasteiger partial charge in [0.15, 0.2) is 5.96 Å². The van der Waals surface area contributed by atoms with E-state index in [4.69, 9.17) is 16.3 Å². The highest BCUT2D eigenvalue weighted by molar-refractivity contribution is 6.30. The second kappa shape index (κ2) is 8.55. The van der Waals surface area contributed by atoms with Crippen molar-refractivity contribution in [3.8, 4) is 0 Å². The third-order valence-corrected chi connectivity index (χ3v) is 3.78. The molecule has 0 saturated heterocycles. The molecule has 0 radical (unpaired) electrons. The van der Waals surface area contributed by atoms with Gasteiger partial charge in [0.25, 0.3) is 0 Å². The highest BCUT2D eigenvalue weighted by Gasteiger charge is 2.11. The number of benzene rings is 1. The second-order valence-corrected chi connectivity index (χ2v) is 5.47. The molecule has 6 nitrogen and oxygen atoms in total. The molecular formula is C16H22ClN5O. The minimum absolute atomic E-state index is 0.107. The van der Waals surface area contributed by atoms with Crippen LogP contribution in [0.4, 0.5) is 0 Å².